The maximum absolute atomic E-state index is 6.17. The van der Waals surface area contributed by atoms with Gasteiger partial charge in [0.25, 0.3) is 0 Å². The normalized spacial score (nSPS) is 10.7. The number of rotatable bonds is 3. The number of benzene rings is 2. The van der Waals surface area contributed by atoms with Crippen molar-refractivity contribution in [3.8, 4) is 11.4 Å². The minimum Gasteiger partial charge on any atom is -0.221 e. The van der Waals surface area contributed by atoms with E-state index >= 15 is 0 Å². The molecule has 2 aromatic carbocycles. The van der Waals surface area contributed by atoms with Crippen LogP contribution >= 0.6 is 27.5 Å². The number of hydrogen-bond acceptors (Lipinski definition) is 3. The molecule has 0 amide bonds. The summed E-state index contributed by atoms with van der Waals surface area (Å²) in [5.41, 5.74) is 1.95. The van der Waals surface area contributed by atoms with Crippen LogP contribution in [0.25, 0.3) is 11.4 Å². The number of hydrogen-bond donors (Lipinski definition) is 0. The topological polar surface area (TPSA) is 43.6 Å². The van der Waals surface area contributed by atoms with Gasteiger partial charge in [0.2, 0.25) is 0 Å². The van der Waals surface area contributed by atoms with Gasteiger partial charge in [-0.05, 0) is 34.2 Å². The lowest BCUT2D eigenvalue weighted by molar-refractivity contribution is 0.653. The highest BCUT2D eigenvalue weighted by molar-refractivity contribution is 9.10. The largest absolute Gasteiger partial charge is 0.221 e. The fourth-order valence-corrected chi connectivity index (χ4v) is 2.36. The van der Waals surface area contributed by atoms with Gasteiger partial charge in [-0.25, -0.2) is 4.68 Å². The third-order valence-corrected chi connectivity index (χ3v) is 3.81. The van der Waals surface area contributed by atoms with Gasteiger partial charge >= 0.3 is 0 Å². The first-order valence-electron chi connectivity index (χ1n) is 5.99. The Bertz CT molecular complexity index is 724. The van der Waals surface area contributed by atoms with Gasteiger partial charge < -0.3 is 0 Å². The summed E-state index contributed by atoms with van der Waals surface area (Å²) in [4.78, 5) is 0. The van der Waals surface area contributed by atoms with Gasteiger partial charge in [-0.2, -0.15) is 0 Å². The molecular formula is C14H10BrClN4. The number of aromatic nitrogens is 4. The second-order valence-electron chi connectivity index (χ2n) is 4.26. The zero-order chi connectivity index (χ0) is 13.9. The van der Waals surface area contributed by atoms with Crippen LogP contribution in [-0.2, 0) is 6.54 Å². The molecule has 100 valence electrons. The molecule has 0 fully saturated rings. The molecule has 0 aliphatic rings. The van der Waals surface area contributed by atoms with Crippen LogP contribution in [0.3, 0.4) is 0 Å². The van der Waals surface area contributed by atoms with Crippen LogP contribution in [-0.4, -0.2) is 20.2 Å². The van der Waals surface area contributed by atoms with E-state index in [1.54, 1.807) is 4.68 Å². The first kappa shape index (κ1) is 13.3. The molecule has 20 heavy (non-hydrogen) atoms. The molecule has 0 aliphatic carbocycles. The van der Waals surface area contributed by atoms with Crippen molar-refractivity contribution in [1.82, 2.24) is 20.2 Å². The Kier molecular flexibility index (Phi) is 3.80. The maximum atomic E-state index is 6.17. The highest BCUT2D eigenvalue weighted by Crippen LogP contribution is 2.21. The molecular weight excluding hydrogens is 340 g/mol. The van der Waals surface area contributed by atoms with E-state index in [4.69, 9.17) is 11.6 Å². The predicted octanol–water partition coefficient (Wildman–Crippen LogP) is 3.80. The predicted molar refractivity (Wildman–Crippen MR) is 81.5 cm³/mol. The smallest absolute Gasteiger partial charge is 0.182 e. The third-order valence-electron chi connectivity index (χ3n) is 2.91. The quantitative estimate of drug-likeness (QED) is 0.722. The van der Waals surface area contributed by atoms with Crippen LogP contribution in [0, 0.1) is 0 Å². The van der Waals surface area contributed by atoms with E-state index in [9.17, 15) is 0 Å². The Morgan fingerprint density at radius 1 is 1.05 bits per heavy atom. The first-order valence-corrected chi connectivity index (χ1v) is 7.16. The van der Waals surface area contributed by atoms with Crippen molar-refractivity contribution >= 4 is 27.5 Å². The molecule has 6 heteroatoms. The van der Waals surface area contributed by atoms with Gasteiger partial charge in [0.1, 0.15) is 0 Å². The molecule has 4 nitrogen and oxygen atoms in total. The second kappa shape index (κ2) is 5.73. The van der Waals surface area contributed by atoms with Crippen LogP contribution in [0.5, 0.6) is 0 Å². The summed E-state index contributed by atoms with van der Waals surface area (Å²) >= 11 is 9.59. The third kappa shape index (κ3) is 2.73. The van der Waals surface area contributed by atoms with Crippen LogP contribution in [0.4, 0.5) is 0 Å². The highest BCUT2D eigenvalue weighted by Gasteiger charge is 2.10. The van der Waals surface area contributed by atoms with Crippen molar-refractivity contribution in [2.24, 2.45) is 0 Å². The highest BCUT2D eigenvalue weighted by atomic mass is 79.9. The number of nitrogens with zero attached hydrogens (tertiary/aromatic N) is 4. The fraction of sp³-hybridized carbons (Fsp3) is 0.0714. The van der Waals surface area contributed by atoms with E-state index in [2.05, 4.69) is 31.5 Å². The second-order valence-corrected chi connectivity index (χ2v) is 5.58. The first-order chi connectivity index (χ1) is 9.74. The lowest BCUT2D eigenvalue weighted by Gasteiger charge is -2.06. The number of tetrazole rings is 1. The number of halogens is 2. The van der Waals surface area contributed by atoms with Gasteiger partial charge in [-0.1, -0.05) is 57.9 Å². The molecule has 0 spiro atoms. The molecule has 0 bridgehead atoms. The standard InChI is InChI=1S/C14H10BrClN4/c15-12-7-5-10(6-8-12)14-17-18-19-20(14)9-11-3-1-2-4-13(11)16/h1-8H,9H2. The molecule has 0 radical (unpaired) electrons. The molecule has 3 rings (SSSR count). The summed E-state index contributed by atoms with van der Waals surface area (Å²) in [6.07, 6.45) is 0. The van der Waals surface area contributed by atoms with E-state index in [1.165, 1.54) is 0 Å². The average molecular weight is 350 g/mol. The van der Waals surface area contributed by atoms with Crippen LogP contribution in [0.1, 0.15) is 5.56 Å². The molecule has 1 aromatic heterocycles. The van der Waals surface area contributed by atoms with E-state index in [0.717, 1.165) is 21.4 Å². The summed E-state index contributed by atoms with van der Waals surface area (Å²) in [7, 11) is 0. The van der Waals surface area contributed by atoms with Gasteiger partial charge in [-0.15, -0.1) is 5.10 Å². The van der Waals surface area contributed by atoms with E-state index in [0.29, 0.717) is 11.6 Å². The van der Waals surface area contributed by atoms with Crippen molar-refractivity contribution in [3.05, 3.63) is 63.6 Å². The fourth-order valence-electron chi connectivity index (χ4n) is 1.90. The molecule has 0 unspecified atom stereocenters. The van der Waals surface area contributed by atoms with E-state index < -0.39 is 0 Å². The van der Waals surface area contributed by atoms with Crippen molar-refractivity contribution in [2.75, 3.05) is 0 Å². The lowest BCUT2D eigenvalue weighted by Crippen LogP contribution is -2.04. The Labute approximate surface area is 129 Å². The summed E-state index contributed by atoms with van der Waals surface area (Å²) in [6.45, 7) is 0.540. The zero-order valence-corrected chi connectivity index (χ0v) is 12.7. The Balaban J connectivity index is 1.95. The molecule has 0 aliphatic heterocycles. The molecule has 0 atom stereocenters. The lowest BCUT2D eigenvalue weighted by atomic mass is 10.2. The molecule has 1 heterocycles. The molecule has 0 saturated heterocycles. The molecule has 3 aromatic rings. The van der Waals surface area contributed by atoms with Crippen LogP contribution in [0.15, 0.2) is 53.0 Å². The summed E-state index contributed by atoms with van der Waals surface area (Å²) < 4.78 is 2.76. The summed E-state index contributed by atoms with van der Waals surface area (Å²) in [5, 5.41) is 12.6. The molecule has 0 saturated carbocycles. The van der Waals surface area contributed by atoms with E-state index in [-0.39, 0.29) is 0 Å². The van der Waals surface area contributed by atoms with Crippen molar-refractivity contribution in [3.63, 3.8) is 0 Å². The van der Waals surface area contributed by atoms with Crippen LogP contribution in [0.2, 0.25) is 5.02 Å². The Morgan fingerprint density at radius 2 is 1.80 bits per heavy atom. The SMILES string of the molecule is Clc1ccccc1Cn1nnnc1-c1ccc(Br)cc1. The minimum absolute atomic E-state index is 0.540. The Hall–Kier alpha value is -1.72. The summed E-state index contributed by atoms with van der Waals surface area (Å²) in [6, 6.07) is 15.5. The Morgan fingerprint density at radius 3 is 2.55 bits per heavy atom. The van der Waals surface area contributed by atoms with Gasteiger partial charge in [0, 0.05) is 15.1 Å². The van der Waals surface area contributed by atoms with Crippen molar-refractivity contribution in [1.29, 1.82) is 0 Å². The van der Waals surface area contributed by atoms with Crippen LogP contribution < -0.4 is 0 Å². The van der Waals surface area contributed by atoms with E-state index in [1.807, 2.05) is 48.5 Å². The van der Waals surface area contributed by atoms with Gasteiger partial charge in [-0.3, -0.25) is 0 Å². The minimum atomic E-state index is 0.540. The monoisotopic (exact) mass is 348 g/mol. The van der Waals surface area contributed by atoms with Gasteiger partial charge in [0.05, 0.1) is 6.54 Å². The maximum Gasteiger partial charge on any atom is 0.182 e. The summed E-state index contributed by atoms with van der Waals surface area (Å²) in [5.74, 6) is 0.720. The van der Waals surface area contributed by atoms with Crippen molar-refractivity contribution < 1.29 is 0 Å². The van der Waals surface area contributed by atoms with Crippen molar-refractivity contribution in [2.45, 2.75) is 6.54 Å². The molecule has 0 N–H and O–H groups in total. The van der Waals surface area contributed by atoms with Gasteiger partial charge in [0.15, 0.2) is 5.82 Å². The average Bonchev–Trinajstić information content (AvgIpc) is 2.90. The zero-order valence-electron chi connectivity index (χ0n) is 10.4.